The van der Waals surface area contributed by atoms with Gasteiger partial charge in [-0.3, -0.25) is 10.1 Å². The summed E-state index contributed by atoms with van der Waals surface area (Å²) in [7, 11) is 0. The van der Waals surface area contributed by atoms with E-state index in [-0.39, 0.29) is 11.0 Å². The van der Waals surface area contributed by atoms with Crippen molar-refractivity contribution in [3.8, 4) is 0 Å². The van der Waals surface area contributed by atoms with Gasteiger partial charge >= 0.3 is 0 Å². The fraction of sp³-hybridized carbons (Fsp3) is 0. The summed E-state index contributed by atoms with van der Waals surface area (Å²) >= 11 is 18.5. The number of nitrogens with one attached hydrogen (secondary N) is 2. The highest BCUT2D eigenvalue weighted by molar-refractivity contribution is 7.80. The van der Waals surface area contributed by atoms with Crippen LogP contribution in [-0.2, 0) is 4.79 Å². The molecule has 0 aliphatic heterocycles. The lowest BCUT2D eigenvalue weighted by Gasteiger charge is -2.09. The van der Waals surface area contributed by atoms with Gasteiger partial charge in [-0.05, 0) is 47.9 Å². The number of thiocarbonyl (C=S) groups is 1. The summed E-state index contributed by atoms with van der Waals surface area (Å²) in [6.07, 6.45) is 3.13. The van der Waals surface area contributed by atoms with Gasteiger partial charge in [-0.2, -0.15) is 0 Å². The first kappa shape index (κ1) is 16.0. The lowest BCUT2D eigenvalue weighted by atomic mass is 10.3. The van der Waals surface area contributed by atoms with Gasteiger partial charge in [-0.1, -0.05) is 29.3 Å². The Morgan fingerprint density at radius 3 is 2.81 bits per heavy atom. The van der Waals surface area contributed by atoms with Gasteiger partial charge in [0.15, 0.2) is 5.11 Å². The van der Waals surface area contributed by atoms with Gasteiger partial charge in [-0.25, -0.2) is 0 Å². The van der Waals surface area contributed by atoms with Crippen LogP contribution < -0.4 is 10.6 Å². The molecular weight excluding hydrogens is 347 g/mol. The number of benzene rings is 1. The second-order valence-corrected chi connectivity index (χ2v) is 6.15. The van der Waals surface area contributed by atoms with Crippen molar-refractivity contribution in [3.05, 3.63) is 56.7 Å². The summed E-state index contributed by atoms with van der Waals surface area (Å²) in [6, 6.07) is 8.77. The number of halogens is 2. The number of amides is 1. The molecule has 0 radical (unpaired) electrons. The molecule has 3 nitrogen and oxygen atoms in total. The van der Waals surface area contributed by atoms with E-state index in [1.54, 1.807) is 35.6 Å². The normalized spacial score (nSPS) is 10.6. The van der Waals surface area contributed by atoms with E-state index >= 15 is 0 Å². The molecule has 1 heterocycles. The molecule has 0 atom stereocenters. The van der Waals surface area contributed by atoms with Crippen molar-refractivity contribution in [3.63, 3.8) is 0 Å². The van der Waals surface area contributed by atoms with E-state index in [9.17, 15) is 4.79 Å². The second kappa shape index (κ2) is 7.56. The van der Waals surface area contributed by atoms with Crippen LogP contribution in [0.5, 0.6) is 0 Å². The Balaban J connectivity index is 1.92. The average Bonchev–Trinajstić information content (AvgIpc) is 2.94. The molecule has 2 rings (SSSR count). The summed E-state index contributed by atoms with van der Waals surface area (Å²) in [6.45, 7) is 0. The minimum atomic E-state index is -0.320. The fourth-order valence-electron chi connectivity index (χ4n) is 1.44. The molecule has 0 unspecified atom stereocenters. The van der Waals surface area contributed by atoms with Crippen molar-refractivity contribution >= 4 is 69.5 Å². The number of rotatable bonds is 3. The highest BCUT2D eigenvalue weighted by Crippen LogP contribution is 2.25. The average molecular weight is 357 g/mol. The summed E-state index contributed by atoms with van der Waals surface area (Å²) in [5, 5.41) is 8.44. The van der Waals surface area contributed by atoms with Crippen molar-refractivity contribution < 1.29 is 4.79 Å². The van der Waals surface area contributed by atoms with Crippen molar-refractivity contribution in [2.24, 2.45) is 0 Å². The molecule has 0 aliphatic carbocycles. The third kappa shape index (κ3) is 5.13. The predicted octanol–water partition coefficient (Wildman–Crippen LogP) is 4.58. The molecule has 2 aromatic rings. The molecule has 2 N–H and O–H groups in total. The topological polar surface area (TPSA) is 41.1 Å². The highest BCUT2D eigenvalue weighted by Gasteiger charge is 2.05. The Morgan fingerprint density at radius 2 is 2.10 bits per heavy atom. The van der Waals surface area contributed by atoms with Crippen LogP contribution in [0.15, 0.2) is 41.8 Å². The molecular formula is C14H10Cl2N2OS2. The molecule has 1 amide bonds. The Labute approximate surface area is 141 Å². The van der Waals surface area contributed by atoms with Crippen LogP contribution in [0.1, 0.15) is 4.88 Å². The number of carbonyl (C=O) groups excluding carboxylic acids is 1. The molecule has 0 saturated carbocycles. The van der Waals surface area contributed by atoms with E-state index in [1.165, 1.54) is 6.08 Å². The smallest absolute Gasteiger partial charge is 0.250 e. The summed E-state index contributed by atoms with van der Waals surface area (Å²) in [5.74, 6) is -0.320. The van der Waals surface area contributed by atoms with E-state index in [0.717, 1.165) is 4.88 Å². The third-order valence-corrected chi connectivity index (χ3v) is 3.96. The summed E-state index contributed by atoms with van der Waals surface area (Å²) in [4.78, 5) is 12.7. The Morgan fingerprint density at radius 1 is 1.29 bits per heavy atom. The predicted molar refractivity (Wildman–Crippen MR) is 94.2 cm³/mol. The monoisotopic (exact) mass is 356 g/mol. The Hall–Kier alpha value is -1.40. The van der Waals surface area contributed by atoms with Gasteiger partial charge < -0.3 is 5.32 Å². The maximum Gasteiger partial charge on any atom is 0.250 e. The van der Waals surface area contributed by atoms with Crippen LogP contribution >= 0.6 is 46.8 Å². The van der Waals surface area contributed by atoms with Crippen LogP contribution in [-0.4, -0.2) is 11.0 Å². The van der Waals surface area contributed by atoms with Gasteiger partial charge in [0, 0.05) is 16.0 Å². The van der Waals surface area contributed by atoms with Crippen molar-refractivity contribution in [2.75, 3.05) is 5.32 Å². The fourth-order valence-corrected chi connectivity index (χ4v) is 2.61. The highest BCUT2D eigenvalue weighted by atomic mass is 35.5. The van der Waals surface area contributed by atoms with Crippen LogP contribution in [0.25, 0.3) is 6.08 Å². The van der Waals surface area contributed by atoms with Crippen molar-refractivity contribution in [1.29, 1.82) is 0 Å². The molecule has 21 heavy (non-hydrogen) atoms. The maximum atomic E-state index is 11.7. The SMILES string of the molecule is O=C(/C=C/c1cccs1)NC(=S)Nc1cc(Cl)ccc1Cl. The van der Waals surface area contributed by atoms with E-state index in [0.29, 0.717) is 15.7 Å². The van der Waals surface area contributed by atoms with Crippen molar-refractivity contribution in [2.45, 2.75) is 0 Å². The number of carbonyl (C=O) groups is 1. The first-order valence-electron chi connectivity index (χ1n) is 5.83. The number of anilines is 1. The zero-order chi connectivity index (χ0) is 15.2. The van der Waals surface area contributed by atoms with Crippen LogP contribution in [0.3, 0.4) is 0 Å². The maximum absolute atomic E-state index is 11.7. The number of thiophene rings is 1. The van der Waals surface area contributed by atoms with Gasteiger partial charge in [0.2, 0.25) is 5.91 Å². The van der Waals surface area contributed by atoms with Gasteiger partial charge in [-0.15, -0.1) is 11.3 Å². The van der Waals surface area contributed by atoms with E-state index in [4.69, 9.17) is 35.4 Å². The van der Waals surface area contributed by atoms with Crippen molar-refractivity contribution in [1.82, 2.24) is 5.32 Å². The van der Waals surface area contributed by atoms with Crippen LogP contribution in [0.4, 0.5) is 5.69 Å². The Kier molecular flexibility index (Phi) is 5.76. The summed E-state index contributed by atoms with van der Waals surface area (Å²) in [5.41, 5.74) is 0.539. The molecule has 108 valence electrons. The van der Waals surface area contributed by atoms with E-state index in [2.05, 4.69) is 10.6 Å². The molecule has 0 spiro atoms. The minimum Gasteiger partial charge on any atom is -0.331 e. The number of hydrogen-bond acceptors (Lipinski definition) is 3. The van der Waals surface area contributed by atoms with Gasteiger partial charge in [0.1, 0.15) is 0 Å². The van der Waals surface area contributed by atoms with Crippen LogP contribution in [0, 0.1) is 0 Å². The first-order chi connectivity index (χ1) is 10.0. The first-order valence-corrected chi connectivity index (χ1v) is 7.87. The molecule has 7 heteroatoms. The quantitative estimate of drug-likeness (QED) is 0.624. The van der Waals surface area contributed by atoms with E-state index < -0.39 is 0 Å². The molecule has 0 aliphatic rings. The zero-order valence-corrected chi connectivity index (χ0v) is 13.7. The standard InChI is InChI=1S/C14H10Cl2N2OS2/c15-9-3-5-11(16)12(8-9)17-14(20)18-13(19)6-4-10-2-1-7-21-10/h1-8H,(H2,17,18,19,20)/b6-4+. The summed E-state index contributed by atoms with van der Waals surface area (Å²) < 4.78 is 0. The Bertz CT molecular complexity index is 684. The molecule has 0 fully saturated rings. The van der Waals surface area contributed by atoms with Gasteiger partial charge in [0.25, 0.3) is 0 Å². The van der Waals surface area contributed by atoms with Gasteiger partial charge in [0.05, 0.1) is 10.7 Å². The lowest BCUT2D eigenvalue weighted by molar-refractivity contribution is -0.115. The number of hydrogen-bond donors (Lipinski definition) is 2. The van der Waals surface area contributed by atoms with Crippen LogP contribution in [0.2, 0.25) is 10.0 Å². The minimum absolute atomic E-state index is 0.153. The third-order valence-electron chi connectivity index (χ3n) is 2.36. The molecule has 1 aromatic carbocycles. The largest absolute Gasteiger partial charge is 0.331 e. The second-order valence-electron chi connectivity index (χ2n) is 3.92. The molecule has 0 saturated heterocycles. The molecule has 1 aromatic heterocycles. The molecule has 0 bridgehead atoms. The lowest BCUT2D eigenvalue weighted by Crippen LogP contribution is -2.32. The zero-order valence-electron chi connectivity index (χ0n) is 10.6. The van der Waals surface area contributed by atoms with E-state index in [1.807, 2.05) is 17.5 Å².